The van der Waals surface area contributed by atoms with Crippen molar-refractivity contribution in [2.45, 2.75) is 19.0 Å². The molecule has 0 spiro atoms. The second-order valence-electron chi connectivity index (χ2n) is 9.02. The van der Waals surface area contributed by atoms with Gasteiger partial charge in [-0.3, -0.25) is 10.2 Å². The minimum atomic E-state index is -0.448. The number of hydrogen-bond acceptors (Lipinski definition) is 4. The largest absolute Gasteiger partial charge is 0.463 e. The van der Waals surface area contributed by atoms with Crippen molar-refractivity contribution in [3.63, 3.8) is 0 Å². The number of esters is 1. The van der Waals surface area contributed by atoms with Crippen molar-refractivity contribution in [2.75, 3.05) is 13.2 Å². The molecule has 4 aromatic rings. The molecule has 0 saturated carbocycles. The molecule has 0 heterocycles. The lowest BCUT2D eigenvalue weighted by molar-refractivity contribution is -0.144. The van der Waals surface area contributed by atoms with Gasteiger partial charge in [0.05, 0.1) is 0 Å². The maximum absolute atomic E-state index is 13.0. The molecule has 1 aliphatic rings. The standard InChI is InChI=1S/C31H29N3O3/c35-30(37-22-29-27-17-9-7-15-25(27)26-16-8-10-18-28(26)29)21-34(20-24-13-5-2-6-14-24)31(36)33-32-19-23-11-3-1-4-12-23/h1-18,29,32H,19-22H2,(H,33,36). The van der Waals surface area contributed by atoms with Gasteiger partial charge in [-0.05, 0) is 33.4 Å². The maximum atomic E-state index is 13.0. The van der Waals surface area contributed by atoms with Crippen LogP contribution in [0.2, 0.25) is 0 Å². The molecule has 0 unspecified atom stereocenters. The number of nitrogens with one attached hydrogen (secondary N) is 2. The summed E-state index contributed by atoms with van der Waals surface area (Å²) in [5, 5.41) is 0. The summed E-state index contributed by atoms with van der Waals surface area (Å²) in [6, 6.07) is 35.4. The van der Waals surface area contributed by atoms with Crippen LogP contribution in [0.3, 0.4) is 0 Å². The highest BCUT2D eigenvalue weighted by Crippen LogP contribution is 2.44. The quantitative estimate of drug-likeness (QED) is 0.248. The van der Waals surface area contributed by atoms with E-state index >= 15 is 0 Å². The first kappa shape index (κ1) is 24.3. The van der Waals surface area contributed by atoms with Crippen LogP contribution >= 0.6 is 0 Å². The van der Waals surface area contributed by atoms with E-state index in [9.17, 15) is 9.59 Å². The predicted octanol–water partition coefficient (Wildman–Crippen LogP) is 5.26. The molecule has 0 aliphatic heterocycles. The molecule has 0 atom stereocenters. The number of benzene rings is 4. The molecule has 186 valence electrons. The number of carbonyl (C=O) groups is 2. The van der Waals surface area contributed by atoms with Crippen molar-refractivity contribution in [1.29, 1.82) is 0 Å². The lowest BCUT2D eigenvalue weighted by Crippen LogP contribution is -2.48. The average molecular weight is 492 g/mol. The van der Waals surface area contributed by atoms with Gasteiger partial charge in [-0.25, -0.2) is 10.2 Å². The highest BCUT2D eigenvalue weighted by Gasteiger charge is 2.29. The predicted molar refractivity (Wildman–Crippen MR) is 143 cm³/mol. The summed E-state index contributed by atoms with van der Waals surface area (Å²) >= 11 is 0. The molecular weight excluding hydrogens is 462 g/mol. The minimum absolute atomic E-state index is 0.0275. The summed E-state index contributed by atoms with van der Waals surface area (Å²) in [7, 11) is 0. The van der Waals surface area contributed by atoms with Crippen LogP contribution < -0.4 is 10.9 Å². The van der Waals surface area contributed by atoms with Gasteiger partial charge in [-0.1, -0.05) is 109 Å². The van der Waals surface area contributed by atoms with Gasteiger partial charge in [0.2, 0.25) is 0 Å². The maximum Gasteiger partial charge on any atom is 0.332 e. The van der Waals surface area contributed by atoms with Gasteiger partial charge in [0.1, 0.15) is 13.2 Å². The molecule has 0 fully saturated rings. The highest BCUT2D eigenvalue weighted by atomic mass is 16.5. The lowest BCUT2D eigenvalue weighted by atomic mass is 9.98. The van der Waals surface area contributed by atoms with Crippen molar-refractivity contribution in [3.05, 3.63) is 131 Å². The Balaban J connectivity index is 1.23. The molecule has 6 nitrogen and oxygen atoms in total. The van der Waals surface area contributed by atoms with Crippen molar-refractivity contribution in [2.24, 2.45) is 0 Å². The Morgan fingerprint density at radius 3 is 1.86 bits per heavy atom. The summed E-state index contributed by atoms with van der Waals surface area (Å²) in [6.07, 6.45) is 0. The van der Waals surface area contributed by atoms with E-state index in [1.54, 1.807) is 0 Å². The molecule has 2 N–H and O–H groups in total. The summed E-state index contributed by atoms with van der Waals surface area (Å²) in [6.45, 7) is 0.810. The minimum Gasteiger partial charge on any atom is -0.463 e. The van der Waals surface area contributed by atoms with Gasteiger partial charge in [0, 0.05) is 19.0 Å². The summed E-state index contributed by atoms with van der Waals surface area (Å²) < 4.78 is 5.75. The van der Waals surface area contributed by atoms with E-state index in [-0.39, 0.29) is 25.6 Å². The van der Waals surface area contributed by atoms with Crippen LogP contribution in [0.4, 0.5) is 4.79 Å². The Kier molecular flexibility index (Phi) is 7.58. The lowest BCUT2D eigenvalue weighted by Gasteiger charge is -2.23. The number of ether oxygens (including phenoxy) is 1. The fraction of sp³-hybridized carbons (Fsp3) is 0.161. The summed E-state index contributed by atoms with van der Waals surface area (Å²) in [4.78, 5) is 27.4. The van der Waals surface area contributed by atoms with Crippen LogP contribution in [-0.2, 0) is 22.6 Å². The second-order valence-corrected chi connectivity index (χ2v) is 9.02. The molecule has 1 aliphatic carbocycles. The highest BCUT2D eigenvalue weighted by molar-refractivity contribution is 5.81. The molecule has 4 aromatic carbocycles. The van der Waals surface area contributed by atoms with Crippen molar-refractivity contribution in [3.8, 4) is 11.1 Å². The van der Waals surface area contributed by atoms with Gasteiger partial charge in [0.15, 0.2) is 0 Å². The third-order valence-corrected chi connectivity index (χ3v) is 6.53. The molecule has 2 amide bonds. The van der Waals surface area contributed by atoms with Crippen LogP contribution in [0.25, 0.3) is 11.1 Å². The van der Waals surface area contributed by atoms with Gasteiger partial charge < -0.3 is 9.64 Å². The topological polar surface area (TPSA) is 70.7 Å². The third-order valence-electron chi connectivity index (χ3n) is 6.53. The van der Waals surface area contributed by atoms with Crippen molar-refractivity contribution in [1.82, 2.24) is 15.8 Å². The summed E-state index contributed by atoms with van der Waals surface area (Å²) in [5.74, 6) is -0.476. The Morgan fingerprint density at radius 1 is 0.703 bits per heavy atom. The number of amides is 2. The molecular formula is C31H29N3O3. The zero-order valence-corrected chi connectivity index (χ0v) is 20.5. The van der Waals surface area contributed by atoms with Crippen LogP contribution in [0.15, 0.2) is 109 Å². The third kappa shape index (κ3) is 5.88. The second kappa shape index (κ2) is 11.5. The normalized spacial score (nSPS) is 11.9. The van der Waals surface area contributed by atoms with Crippen molar-refractivity contribution >= 4 is 12.0 Å². The zero-order chi connectivity index (χ0) is 25.5. The number of fused-ring (bicyclic) bond motifs is 3. The SMILES string of the molecule is O=C(CN(Cc1ccccc1)C(=O)NNCc1ccccc1)OCC1c2ccccc2-c2ccccc21. The first-order valence-corrected chi connectivity index (χ1v) is 12.4. The number of carbonyl (C=O) groups excluding carboxylic acids is 2. The van der Waals surface area contributed by atoms with Gasteiger partial charge in [-0.2, -0.15) is 0 Å². The molecule has 6 heteroatoms. The van der Waals surface area contributed by atoms with Gasteiger partial charge >= 0.3 is 12.0 Å². The van der Waals surface area contributed by atoms with E-state index in [0.29, 0.717) is 6.54 Å². The molecule has 5 rings (SSSR count). The first-order valence-electron chi connectivity index (χ1n) is 12.4. The number of nitrogens with zero attached hydrogens (tertiary/aromatic N) is 1. The van der Waals surface area contributed by atoms with Gasteiger partial charge in [0.25, 0.3) is 0 Å². The van der Waals surface area contributed by atoms with Crippen LogP contribution in [0.5, 0.6) is 0 Å². The number of hydrogen-bond donors (Lipinski definition) is 2. The first-order chi connectivity index (χ1) is 18.2. The molecule has 0 radical (unpaired) electrons. The van der Waals surface area contributed by atoms with E-state index in [2.05, 4.69) is 35.1 Å². The van der Waals surface area contributed by atoms with E-state index in [1.165, 1.54) is 16.0 Å². The van der Waals surface area contributed by atoms with Crippen LogP contribution in [0, 0.1) is 0 Å². The van der Waals surface area contributed by atoms with E-state index in [0.717, 1.165) is 22.3 Å². The smallest absolute Gasteiger partial charge is 0.332 e. The molecule has 37 heavy (non-hydrogen) atoms. The Labute approximate surface area is 216 Å². The van der Waals surface area contributed by atoms with E-state index in [1.807, 2.05) is 84.9 Å². The number of hydrazine groups is 1. The molecule has 0 saturated heterocycles. The molecule has 0 bridgehead atoms. The fourth-order valence-corrected chi connectivity index (χ4v) is 4.72. The molecule has 0 aromatic heterocycles. The van der Waals surface area contributed by atoms with E-state index in [4.69, 9.17) is 4.74 Å². The van der Waals surface area contributed by atoms with Crippen LogP contribution in [0.1, 0.15) is 28.2 Å². The van der Waals surface area contributed by atoms with Crippen molar-refractivity contribution < 1.29 is 14.3 Å². The Bertz CT molecular complexity index is 1310. The number of rotatable bonds is 9. The Hall–Kier alpha value is -4.42. The van der Waals surface area contributed by atoms with E-state index < -0.39 is 12.0 Å². The monoisotopic (exact) mass is 491 g/mol. The zero-order valence-electron chi connectivity index (χ0n) is 20.5. The Morgan fingerprint density at radius 2 is 1.24 bits per heavy atom. The van der Waals surface area contributed by atoms with Crippen LogP contribution in [-0.4, -0.2) is 30.1 Å². The average Bonchev–Trinajstić information content (AvgIpc) is 3.26. The fourth-order valence-electron chi connectivity index (χ4n) is 4.72. The number of urea groups is 1. The van der Waals surface area contributed by atoms with Gasteiger partial charge in [-0.15, -0.1) is 0 Å². The summed E-state index contributed by atoms with van der Waals surface area (Å²) in [5.41, 5.74) is 12.3.